The van der Waals surface area contributed by atoms with Gasteiger partial charge in [0.25, 0.3) is 6.02 Å². The van der Waals surface area contributed by atoms with Gasteiger partial charge in [0.05, 0.1) is 12.6 Å². The summed E-state index contributed by atoms with van der Waals surface area (Å²) in [6, 6.07) is 1.89. The summed E-state index contributed by atoms with van der Waals surface area (Å²) in [5.74, 6) is 0. The lowest BCUT2D eigenvalue weighted by Gasteiger charge is -2.21. The zero-order chi connectivity index (χ0) is 11.5. The number of nitrogens with zero attached hydrogens (tertiary/aromatic N) is 1. The van der Waals surface area contributed by atoms with Crippen molar-refractivity contribution < 1.29 is 4.74 Å². The van der Waals surface area contributed by atoms with Gasteiger partial charge in [-0.2, -0.15) is 0 Å². The van der Waals surface area contributed by atoms with Crippen LogP contribution in [-0.2, 0) is 4.74 Å². The molecule has 4 heteroatoms. The lowest BCUT2D eigenvalue weighted by Crippen LogP contribution is -2.37. The lowest BCUT2D eigenvalue weighted by atomic mass is 9.93. The Morgan fingerprint density at radius 2 is 2.00 bits per heavy atom. The lowest BCUT2D eigenvalue weighted by molar-refractivity contribution is 0.159. The molecule has 0 aromatic carbocycles. The number of rotatable bonds is 2. The Labute approximate surface area is 103 Å². The van der Waals surface area contributed by atoms with E-state index in [0.717, 1.165) is 19.1 Å². The molecular formula is C13H23N3O. The van der Waals surface area contributed by atoms with Crippen LogP contribution < -0.4 is 10.6 Å². The molecule has 3 fully saturated rings. The summed E-state index contributed by atoms with van der Waals surface area (Å²) in [7, 11) is 0. The van der Waals surface area contributed by atoms with Gasteiger partial charge in [0.1, 0.15) is 6.10 Å². The fraction of sp³-hybridized carbons (Fsp3) is 0.923. The summed E-state index contributed by atoms with van der Waals surface area (Å²) in [6.45, 7) is 2.01. The van der Waals surface area contributed by atoms with Crippen molar-refractivity contribution in [3.05, 3.63) is 0 Å². The Balaban J connectivity index is 1.51. The van der Waals surface area contributed by atoms with Gasteiger partial charge in [0.2, 0.25) is 0 Å². The average Bonchev–Trinajstić information content (AvgIpc) is 2.80. The quantitative estimate of drug-likeness (QED) is 0.763. The van der Waals surface area contributed by atoms with Crippen LogP contribution in [0.15, 0.2) is 4.99 Å². The van der Waals surface area contributed by atoms with Gasteiger partial charge in [-0.1, -0.05) is 12.8 Å². The Morgan fingerprint density at radius 1 is 1.12 bits per heavy atom. The van der Waals surface area contributed by atoms with E-state index in [1.165, 1.54) is 44.9 Å². The molecule has 3 atom stereocenters. The largest absolute Gasteiger partial charge is 0.460 e. The van der Waals surface area contributed by atoms with Gasteiger partial charge in [0, 0.05) is 6.04 Å². The maximum atomic E-state index is 5.87. The van der Waals surface area contributed by atoms with E-state index in [1.54, 1.807) is 0 Å². The van der Waals surface area contributed by atoms with E-state index in [4.69, 9.17) is 4.74 Å². The third kappa shape index (κ3) is 2.73. The molecule has 4 nitrogen and oxygen atoms in total. The highest BCUT2D eigenvalue weighted by Crippen LogP contribution is 2.25. The maximum absolute atomic E-state index is 5.87. The summed E-state index contributed by atoms with van der Waals surface area (Å²) < 4.78 is 5.87. The van der Waals surface area contributed by atoms with Crippen LogP contribution in [0.25, 0.3) is 0 Å². The van der Waals surface area contributed by atoms with Crippen LogP contribution in [0.5, 0.6) is 0 Å². The number of hydrogen-bond donors (Lipinski definition) is 2. The standard InChI is InChI=1S/C13H23N3O/c1-2-7-12-11(6-1)16-13(17-12)15-9-10-5-3-4-8-14-10/h10-12,14H,1-9H2,(H,15,16). The van der Waals surface area contributed by atoms with Crippen molar-refractivity contribution in [2.45, 2.75) is 63.1 Å². The van der Waals surface area contributed by atoms with Crippen molar-refractivity contribution in [1.29, 1.82) is 0 Å². The predicted octanol–water partition coefficient (Wildman–Crippen LogP) is 1.42. The molecule has 3 rings (SSSR count). The Kier molecular flexibility index (Phi) is 3.50. The Hall–Kier alpha value is -0.770. The smallest absolute Gasteiger partial charge is 0.285 e. The molecular weight excluding hydrogens is 214 g/mol. The molecule has 0 spiro atoms. The first-order chi connectivity index (χ1) is 8.42. The van der Waals surface area contributed by atoms with Gasteiger partial charge < -0.3 is 15.4 Å². The first-order valence-electron chi connectivity index (χ1n) is 7.13. The number of piperidine rings is 1. The van der Waals surface area contributed by atoms with Crippen LogP contribution in [0, 0.1) is 0 Å². The Morgan fingerprint density at radius 3 is 2.82 bits per heavy atom. The summed E-state index contributed by atoms with van der Waals surface area (Å²) in [5, 5.41) is 6.95. The van der Waals surface area contributed by atoms with E-state index in [2.05, 4.69) is 15.6 Å². The second-order valence-corrected chi connectivity index (χ2v) is 5.48. The van der Waals surface area contributed by atoms with E-state index in [1.807, 2.05) is 0 Å². The minimum absolute atomic E-state index is 0.391. The van der Waals surface area contributed by atoms with Crippen LogP contribution in [0.1, 0.15) is 44.9 Å². The van der Waals surface area contributed by atoms with E-state index in [0.29, 0.717) is 18.2 Å². The van der Waals surface area contributed by atoms with Crippen molar-refractivity contribution in [2.75, 3.05) is 13.1 Å². The molecule has 3 unspecified atom stereocenters. The number of fused-ring (bicyclic) bond motifs is 1. The zero-order valence-electron chi connectivity index (χ0n) is 10.5. The van der Waals surface area contributed by atoms with Gasteiger partial charge in [-0.3, -0.25) is 0 Å². The number of hydrogen-bond acceptors (Lipinski definition) is 3. The fourth-order valence-electron chi connectivity index (χ4n) is 3.09. The van der Waals surface area contributed by atoms with Crippen LogP contribution in [0.3, 0.4) is 0 Å². The van der Waals surface area contributed by atoms with E-state index in [9.17, 15) is 0 Å². The second-order valence-electron chi connectivity index (χ2n) is 5.48. The number of aliphatic imine (C=N–C) groups is 1. The fourth-order valence-corrected chi connectivity index (χ4v) is 3.09. The number of nitrogens with one attached hydrogen (secondary N) is 2. The number of ether oxygens (including phenoxy) is 1. The van der Waals surface area contributed by atoms with Gasteiger partial charge in [-0.25, -0.2) is 4.99 Å². The third-order valence-electron chi connectivity index (χ3n) is 4.14. The van der Waals surface area contributed by atoms with Crippen LogP contribution >= 0.6 is 0 Å². The average molecular weight is 237 g/mol. The maximum Gasteiger partial charge on any atom is 0.285 e. The molecule has 3 aliphatic rings. The first-order valence-corrected chi connectivity index (χ1v) is 7.13. The molecule has 0 aromatic rings. The molecule has 17 heavy (non-hydrogen) atoms. The SMILES string of the molecule is C1CCC(CN=C2NC3CCCCC3O2)NC1. The molecule has 1 saturated carbocycles. The van der Waals surface area contributed by atoms with Crippen molar-refractivity contribution >= 4 is 6.02 Å². The van der Waals surface area contributed by atoms with Gasteiger partial charge in [-0.05, 0) is 38.6 Å². The number of amidine groups is 1. The monoisotopic (exact) mass is 237 g/mol. The highest BCUT2D eigenvalue weighted by molar-refractivity contribution is 5.76. The van der Waals surface area contributed by atoms with E-state index in [-0.39, 0.29) is 0 Å². The predicted molar refractivity (Wildman–Crippen MR) is 68.2 cm³/mol. The molecule has 2 saturated heterocycles. The Bertz CT molecular complexity index is 270. The first kappa shape index (κ1) is 11.3. The molecule has 0 radical (unpaired) electrons. The van der Waals surface area contributed by atoms with Crippen LogP contribution in [0.4, 0.5) is 0 Å². The normalized spacial score (nSPS) is 39.5. The third-order valence-corrected chi connectivity index (χ3v) is 4.14. The zero-order valence-corrected chi connectivity index (χ0v) is 10.5. The molecule has 0 aromatic heterocycles. The molecule has 0 bridgehead atoms. The van der Waals surface area contributed by atoms with Crippen molar-refractivity contribution in [1.82, 2.24) is 10.6 Å². The second kappa shape index (κ2) is 5.25. The molecule has 1 aliphatic carbocycles. The topological polar surface area (TPSA) is 45.7 Å². The van der Waals surface area contributed by atoms with Crippen molar-refractivity contribution in [3.8, 4) is 0 Å². The highest BCUT2D eigenvalue weighted by atomic mass is 16.5. The minimum atomic E-state index is 0.391. The van der Waals surface area contributed by atoms with Crippen LogP contribution in [-0.4, -0.2) is 37.3 Å². The summed E-state index contributed by atoms with van der Waals surface area (Å²) >= 11 is 0. The van der Waals surface area contributed by atoms with Gasteiger partial charge >= 0.3 is 0 Å². The summed E-state index contributed by atoms with van der Waals surface area (Å²) in [6.07, 6.45) is 9.36. The highest BCUT2D eigenvalue weighted by Gasteiger charge is 2.34. The summed E-state index contributed by atoms with van der Waals surface area (Å²) in [5.41, 5.74) is 0. The van der Waals surface area contributed by atoms with E-state index >= 15 is 0 Å². The van der Waals surface area contributed by atoms with Gasteiger partial charge in [-0.15, -0.1) is 0 Å². The molecule has 2 heterocycles. The van der Waals surface area contributed by atoms with Crippen molar-refractivity contribution in [2.24, 2.45) is 4.99 Å². The minimum Gasteiger partial charge on any atom is -0.460 e. The van der Waals surface area contributed by atoms with Gasteiger partial charge in [0.15, 0.2) is 0 Å². The molecule has 96 valence electrons. The van der Waals surface area contributed by atoms with Crippen LogP contribution in [0.2, 0.25) is 0 Å². The summed E-state index contributed by atoms with van der Waals surface area (Å²) in [4.78, 5) is 4.59. The molecule has 0 amide bonds. The molecule has 2 N–H and O–H groups in total. The van der Waals surface area contributed by atoms with E-state index < -0.39 is 0 Å². The molecule has 2 aliphatic heterocycles. The van der Waals surface area contributed by atoms with Crippen molar-refractivity contribution in [3.63, 3.8) is 0 Å².